The highest BCUT2D eigenvalue weighted by atomic mass is 32.2. The van der Waals surface area contributed by atoms with Crippen LogP contribution in [0, 0.1) is 0 Å². The number of aliphatic carboxylic acids is 1. The number of rotatable bonds is 9. The molecule has 1 unspecified atom stereocenters. The van der Waals surface area contributed by atoms with Crippen LogP contribution in [0.3, 0.4) is 0 Å². The van der Waals surface area contributed by atoms with Crippen molar-refractivity contribution in [3.63, 3.8) is 0 Å². The van der Waals surface area contributed by atoms with Gasteiger partial charge in [0.1, 0.15) is 5.54 Å². The Bertz CT molecular complexity index is 439. The van der Waals surface area contributed by atoms with E-state index in [0.29, 0.717) is 18.8 Å². The minimum Gasteiger partial charge on any atom is -0.480 e. The minimum absolute atomic E-state index is 0.556. The predicted octanol–water partition coefficient (Wildman–Crippen LogP) is 4.14. The average molecular weight is 309 g/mol. The van der Waals surface area contributed by atoms with Gasteiger partial charge in [0, 0.05) is 4.90 Å². The molecule has 0 aliphatic rings. The number of nitrogens with one attached hydrogen (secondary N) is 1. The molecular formula is C17H27NO2S. The van der Waals surface area contributed by atoms with Gasteiger partial charge < -0.3 is 10.4 Å². The normalized spacial score (nSPS) is 14.1. The van der Waals surface area contributed by atoms with Gasteiger partial charge in [0.25, 0.3) is 0 Å². The van der Waals surface area contributed by atoms with E-state index >= 15 is 0 Å². The summed E-state index contributed by atoms with van der Waals surface area (Å²) in [5.41, 5.74) is 0.576. The zero-order chi connectivity index (χ0) is 15.9. The molecule has 1 atom stereocenters. The Hall–Kier alpha value is -1.00. The summed E-state index contributed by atoms with van der Waals surface area (Å²) in [6, 6.07) is 8.66. The third-order valence-corrected chi connectivity index (χ3v) is 5.15. The maximum Gasteiger partial charge on any atom is 0.323 e. The van der Waals surface area contributed by atoms with Crippen molar-refractivity contribution in [2.24, 2.45) is 0 Å². The third-order valence-electron chi connectivity index (χ3n) is 4.05. The number of carbonyl (C=O) groups is 1. The van der Waals surface area contributed by atoms with Crippen molar-refractivity contribution in [1.29, 1.82) is 0 Å². The molecule has 0 bridgehead atoms. The maximum atomic E-state index is 11.4. The summed E-state index contributed by atoms with van der Waals surface area (Å²) in [5, 5.41) is 12.3. The van der Waals surface area contributed by atoms with Crippen molar-refractivity contribution in [1.82, 2.24) is 5.32 Å². The van der Waals surface area contributed by atoms with E-state index in [2.05, 4.69) is 43.4 Å². The van der Waals surface area contributed by atoms with Crippen LogP contribution < -0.4 is 5.32 Å². The number of likely N-dealkylation sites (N-methyl/N-ethyl adjacent to an activating group) is 1. The SMILES string of the molecule is CCC(CCCSc1ccc(C(C)C)cc1)(NC)C(=O)O. The lowest BCUT2D eigenvalue weighted by Crippen LogP contribution is -2.49. The summed E-state index contributed by atoms with van der Waals surface area (Å²) in [6.45, 7) is 6.30. The fourth-order valence-electron chi connectivity index (χ4n) is 2.36. The Kier molecular flexibility index (Phi) is 7.26. The maximum absolute atomic E-state index is 11.4. The molecule has 0 saturated carbocycles. The number of hydrogen-bond acceptors (Lipinski definition) is 3. The van der Waals surface area contributed by atoms with E-state index in [1.807, 2.05) is 6.92 Å². The molecule has 0 saturated heterocycles. The standard InChI is InChI=1S/C17H27NO2S/c1-5-17(18-4,16(19)20)11-6-12-21-15-9-7-14(8-10-15)13(2)3/h7-10,13,18H,5-6,11-12H2,1-4H3,(H,19,20). The van der Waals surface area contributed by atoms with Gasteiger partial charge in [-0.15, -0.1) is 11.8 Å². The fourth-order valence-corrected chi connectivity index (χ4v) is 3.21. The first-order valence-corrected chi connectivity index (χ1v) is 8.59. The van der Waals surface area contributed by atoms with Gasteiger partial charge >= 0.3 is 5.97 Å². The van der Waals surface area contributed by atoms with Crippen LogP contribution in [0.2, 0.25) is 0 Å². The quantitative estimate of drug-likeness (QED) is 0.532. The molecule has 1 aromatic rings. The van der Waals surface area contributed by atoms with Gasteiger partial charge in [-0.2, -0.15) is 0 Å². The summed E-state index contributed by atoms with van der Waals surface area (Å²) in [4.78, 5) is 12.6. The average Bonchev–Trinajstić information content (AvgIpc) is 2.48. The highest BCUT2D eigenvalue weighted by molar-refractivity contribution is 7.99. The van der Waals surface area contributed by atoms with E-state index < -0.39 is 11.5 Å². The smallest absolute Gasteiger partial charge is 0.323 e. The number of thioether (sulfide) groups is 1. The molecule has 0 aliphatic heterocycles. The van der Waals surface area contributed by atoms with Gasteiger partial charge in [-0.1, -0.05) is 32.9 Å². The van der Waals surface area contributed by atoms with E-state index in [0.717, 1.165) is 12.2 Å². The fraction of sp³-hybridized carbons (Fsp3) is 0.588. The second kappa shape index (κ2) is 8.44. The molecule has 21 heavy (non-hydrogen) atoms. The van der Waals surface area contributed by atoms with Crippen molar-refractivity contribution in [2.75, 3.05) is 12.8 Å². The molecule has 4 heteroatoms. The summed E-state index contributed by atoms with van der Waals surface area (Å²) >= 11 is 1.79. The largest absolute Gasteiger partial charge is 0.480 e. The molecule has 0 radical (unpaired) electrons. The van der Waals surface area contributed by atoms with E-state index in [9.17, 15) is 9.90 Å². The summed E-state index contributed by atoms with van der Waals surface area (Å²) in [7, 11) is 1.73. The highest BCUT2D eigenvalue weighted by Crippen LogP contribution is 2.25. The Balaban J connectivity index is 2.44. The van der Waals surface area contributed by atoms with Crippen LogP contribution in [0.5, 0.6) is 0 Å². The van der Waals surface area contributed by atoms with Crippen molar-refractivity contribution >= 4 is 17.7 Å². The minimum atomic E-state index is -0.776. The first kappa shape index (κ1) is 18.1. The van der Waals surface area contributed by atoms with Crippen molar-refractivity contribution in [3.05, 3.63) is 29.8 Å². The molecule has 0 aromatic heterocycles. The molecule has 0 fully saturated rings. The number of benzene rings is 1. The van der Waals surface area contributed by atoms with Crippen LogP contribution >= 0.6 is 11.8 Å². The summed E-state index contributed by atoms with van der Waals surface area (Å²) in [6.07, 6.45) is 2.15. The second-order valence-electron chi connectivity index (χ2n) is 5.67. The molecule has 0 heterocycles. The number of hydrogen-bond donors (Lipinski definition) is 2. The Morgan fingerprint density at radius 3 is 2.38 bits per heavy atom. The molecule has 118 valence electrons. The Morgan fingerprint density at radius 2 is 1.95 bits per heavy atom. The summed E-state index contributed by atoms with van der Waals surface area (Å²) in [5.74, 6) is 0.747. The van der Waals surface area contributed by atoms with Gasteiger partial charge in [0.15, 0.2) is 0 Å². The first-order chi connectivity index (χ1) is 9.95. The molecule has 1 aromatic carbocycles. The Labute approximate surface area is 132 Å². The van der Waals surface area contributed by atoms with Crippen LogP contribution in [0.15, 0.2) is 29.2 Å². The molecule has 0 spiro atoms. The van der Waals surface area contributed by atoms with E-state index in [-0.39, 0.29) is 0 Å². The predicted molar refractivity (Wildman–Crippen MR) is 90.2 cm³/mol. The number of carboxylic acids is 1. The van der Waals surface area contributed by atoms with Crippen molar-refractivity contribution in [2.45, 2.75) is 56.4 Å². The molecule has 3 nitrogen and oxygen atoms in total. The lowest BCUT2D eigenvalue weighted by Gasteiger charge is -2.27. The van der Waals surface area contributed by atoms with Crippen LogP contribution in [-0.2, 0) is 4.79 Å². The molecule has 0 amide bonds. The van der Waals surface area contributed by atoms with E-state index in [1.165, 1.54) is 10.5 Å². The second-order valence-corrected chi connectivity index (χ2v) is 6.83. The molecular weight excluding hydrogens is 282 g/mol. The summed E-state index contributed by atoms with van der Waals surface area (Å²) < 4.78 is 0. The molecule has 0 aliphatic carbocycles. The first-order valence-electron chi connectivity index (χ1n) is 7.60. The van der Waals surface area contributed by atoms with Crippen LogP contribution in [0.25, 0.3) is 0 Å². The molecule has 1 rings (SSSR count). The van der Waals surface area contributed by atoms with Crippen LogP contribution in [0.1, 0.15) is 51.5 Å². The number of carboxylic acid groups (broad SMARTS) is 1. The van der Waals surface area contributed by atoms with Crippen molar-refractivity contribution in [3.8, 4) is 0 Å². The van der Waals surface area contributed by atoms with Gasteiger partial charge in [-0.05, 0) is 55.7 Å². The highest BCUT2D eigenvalue weighted by Gasteiger charge is 2.33. The van der Waals surface area contributed by atoms with Crippen LogP contribution in [0.4, 0.5) is 0 Å². The Morgan fingerprint density at radius 1 is 1.33 bits per heavy atom. The van der Waals surface area contributed by atoms with Gasteiger partial charge in [-0.25, -0.2) is 0 Å². The van der Waals surface area contributed by atoms with Crippen LogP contribution in [-0.4, -0.2) is 29.4 Å². The zero-order valence-corrected chi connectivity index (χ0v) is 14.3. The zero-order valence-electron chi connectivity index (χ0n) is 13.5. The van der Waals surface area contributed by atoms with Gasteiger partial charge in [-0.3, -0.25) is 4.79 Å². The van der Waals surface area contributed by atoms with E-state index in [4.69, 9.17) is 0 Å². The monoisotopic (exact) mass is 309 g/mol. The lowest BCUT2D eigenvalue weighted by molar-refractivity contribution is -0.145. The molecule has 2 N–H and O–H groups in total. The van der Waals surface area contributed by atoms with E-state index in [1.54, 1.807) is 18.8 Å². The lowest BCUT2D eigenvalue weighted by atomic mass is 9.91. The topological polar surface area (TPSA) is 49.3 Å². The van der Waals surface area contributed by atoms with Gasteiger partial charge in [0.2, 0.25) is 0 Å². The van der Waals surface area contributed by atoms with Gasteiger partial charge in [0.05, 0.1) is 0 Å². The third kappa shape index (κ3) is 5.04. The van der Waals surface area contributed by atoms with Crippen molar-refractivity contribution < 1.29 is 9.90 Å².